The molecule has 0 bridgehead atoms. The van der Waals surface area contributed by atoms with Crippen LogP contribution in [-0.4, -0.2) is 22.1 Å². The van der Waals surface area contributed by atoms with E-state index in [0.29, 0.717) is 12.1 Å². The van der Waals surface area contributed by atoms with E-state index in [1.165, 1.54) is 11.3 Å². The summed E-state index contributed by atoms with van der Waals surface area (Å²) in [5.74, 6) is -1.11. The second-order valence-corrected chi connectivity index (χ2v) is 4.95. The van der Waals surface area contributed by atoms with Crippen LogP contribution in [0.3, 0.4) is 0 Å². The van der Waals surface area contributed by atoms with E-state index in [1.807, 2.05) is 0 Å². The van der Waals surface area contributed by atoms with E-state index in [4.69, 9.17) is 0 Å². The lowest BCUT2D eigenvalue weighted by Crippen LogP contribution is -2.40. The molecule has 6 nitrogen and oxygen atoms in total. The Morgan fingerprint density at radius 2 is 2.05 bits per heavy atom. The molecule has 2 amide bonds. The molecule has 0 radical (unpaired) electrons. The number of hydrogen-bond acceptors (Lipinski definition) is 4. The summed E-state index contributed by atoms with van der Waals surface area (Å²) < 4.78 is 0. The van der Waals surface area contributed by atoms with Gasteiger partial charge in [0.1, 0.15) is 0 Å². The van der Waals surface area contributed by atoms with Gasteiger partial charge < -0.3 is 15.7 Å². The Bertz CT molecular complexity index is 572. The maximum absolute atomic E-state index is 11.7. The lowest BCUT2D eigenvalue weighted by molar-refractivity contribution is -0.139. The van der Waals surface area contributed by atoms with E-state index in [1.54, 1.807) is 42.0 Å². The normalized spacial score (nSPS) is 11.6. The fraction of sp³-hybridized carbons (Fsp3) is 0.154. The molecule has 0 saturated heterocycles. The highest BCUT2D eigenvalue weighted by molar-refractivity contribution is 7.09. The Morgan fingerprint density at radius 1 is 1.30 bits per heavy atom. The van der Waals surface area contributed by atoms with E-state index >= 15 is 0 Å². The van der Waals surface area contributed by atoms with E-state index in [0.717, 1.165) is 4.88 Å². The van der Waals surface area contributed by atoms with Gasteiger partial charge in [-0.05, 0) is 5.56 Å². The third-order valence-corrected chi connectivity index (χ3v) is 3.34. The zero-order chi connectivity index (χ0) is 14.4. The van der Waals surface area contributed by atoms with Gasteiger partial charge in [-0.2, -0.15) is 0 Å². The van der Waals surface area contributed by atoms with Gasteiger partial charge in [0.05, 0.1) is 12.1 Å². The summed E-state index contributed by atoms with van der Waals surface area (Å²) in [7, 11) is 0. The third-order valence-electron chi connectivity index (χ3n) is 2.56. The summed E-state index contributed by atoms with van der Waals surface area (Å²) >= 11 is 1.42. The van der Waals surface area contributed by atoms with Crippen molar-refractivity contribution in [1.29, 1.82) is 0 Å². The van der Waals surface area contributed by atoms with Crippen molar-refractivity contribution in [1.82, 2.24) is 15.6 Å². The number of aromatic nitrogens is 1. The SMILES string of the molecule is O=C(NCc1cncs1)NC(C(=O)O)c1ccccc1. The van der Waals surface area contributed by atoms with Gasteiger partial charge in [0.15, 0.2) is 6.04 Å². The minimum Gasteiger partial charge on any atom is -0.479 e. The minimum atomic E-state index is -1.11. The highest BCUT2D eigenvalue weighted by atomic mass is 32.1. The zero-order valence-corrected chi connectivity index (χ0v) is 11.3. The fourth-order valence-electron chi connectivity index (χ4n) is 1.61. The quantitative estimate of drug-likeness (QED) is 0.783. The molecule has 0 aliphatic carbocycles. The molecule has 1 heterocycles. The highest BCUT2D eigenvalue weighted by Crippen LogP contribution is 2.12. The van der Waals surface area contributed by atoms with Crippen LogP contribution in [0.15, 0.2) is 42.0 Å². The number of rotatable bonds is 5. The molecule has 7 heteroatoms. The molecular formula is C13H13N3O3S. The predicted octanol–water partition coefficient (Wildman–Crippen LogP) is 1.77. The molecule has 2 rings (SSSR count). The van der Waals surface area contributed by atoms with Crippen molar-refractivity contribution in [2.75, 3.05) is 0 Å². The number of urea groups is 1. The van der Waals surface area contributed by atoms with Gasteiger partial charge in [0.2, 0.25) is 0 Å². The first kappa shape index (κ1) is 14.0. The first-order chi connectivity index (χ1) is 9.66. The standard InChI is InChI=1S/C13H13N3O3S/c17-12(18)11(9-4-2-1-3-5-9)16-13(19)15-7-10-6-14-8-20-10/h1-6,8,11H,7H2,(H,17,18)(H2,15,16,19). The lowest BCUT2D eigenvalue weighted by Gasteiger charge is -2.15. The second-order valence-electron chi connectivity index (χ2n) is 3.98. The number of aliphatic carboxylic acids is 1. The van der Waals surface area contributed by atoms with Gasteiger partial charge in [-0.15, -0.1) is 11.3 Å². The van der Waals surface area contributed by atoms with Crippen molar-refractivity contribution in [3.63, 3.8) is 0 Å². The van der Waals surface area contributed by atoms with Crippen molar-refractivity contribution in [2.45, 2.75) is 12.6 Å². The van der Waals surface area contributed by atoms with Crippen molar-refractivity contribution in [3.05, 3.63) is 52.5 Å². The molecule has 0 spiro atoms. The number of hydrogen-bond donors (Lipinski definition) is 3. The van der Waals surface area contributed by atoms with Crippen molar-refractivity contribution >= 4 is 23.3 Å². The molecule has 0 aliphatic heterocycles. The lowest BCUT2D eigenvalue weighted by atomic mass is 10.1. The minimum absolute atomic E-state index is 0.317. The van der Waals surface area contributed by atoms with Crippen LogP contribution < -0.4 is 10.6 Å². The summed E-state index contributed by atoms with van der Waals surface area (Å²) in [6.45, 7) is 0.317. The van der Waals surface area contributed by atoms with Crippen molar-refractivity contribution < 1.29 is 14.7 Å². The van der Waals surface area contributed by atoms with E-state index in [2.05, 4.69) is 15.6 Å². The van der Waals surface area contributed by atoms with Gasteiger partial charge in [-0.1, -0.05) is 30.3 Å². The van der Waals surface area contributed by atoms with Crippen LogP contribution in [0.25, 0.3) is 0 Å². The average Bonchev–Trinajstić information content (AvgIpc) is 2.96. The Balaban J connectivity index is 1.95. The zero-order valence-electron chi connectivity index (χ0n) is 10.4. The molecule has 0 saturated carbocycles. The summed E-state index contributed by atoms with van der Waals surface area (Å²) in [5.41, 5.74) is 2.19. The predicted molar refractivity (Wildman–Crippen MR) is 74.3 cm³/mol. The van der Waals surface area contributed by atoms with Crippen LogP contribution in [0.4, 0.5) is 4.79 Å². The summed E-state index contributed by atoms with van der Waals surface area (Å²) in [6.07, 6.45) is 1.65. The second kappa shape index (κ2) is 6.67. The molecule has 20 heavy (non-hydrogen) atoms. The number of carbonyl (C=O) groups is 2. The van der Waals surface area contributed by atoms with Gasteiger partial charge in [0, 0.05) is 11.1 Å². The Kier molecular flexibility index (Phi) is 4.67. The van der Waals surface area contributed by atoms with Crippen LogP contribution in [0.2, 0.25) is 0 Å². The summed E-state index contributed by atoms with van der Waals surface area (Å²) in [6, 6.07) is 6.94. The maximum Gasteiger partial charge on any atom is 0.330 e. The monoisotopic (exact) mass is 291 g/mol. The Morgan fingerprint density at radius 3 is 2.65 bits per heavy atom. The van der Waals surface area contributed by atoms with E-state index in [-0.39, 0.29) is 0 Å². The molecule has 0 fully saturated rings. The number of amides is 2. The maximum atomic E-state index is 11.7. The highest BCUT2D eigenvalue weighted by Gasteiger charge is 2.21. The molecule has 3 N–H and O–H groups in total. The van der Waals surface area contributed by atoms with E-state index < -0.39 is 18.0 Å². The van der Waals surface area contributed by atoms with Crippen molar-refractivity contribution in [2.24, 2.45) is 0 Å². The fourth-order valence-corrected chi connectivity index (χ4v) is 2.15. The first-order valence-electron chi connectivity index (χ1n) is 5.86. The first-order valence-corrected chi connectivity index (χ1v) is 6.74. The number of carbonyl (C=O) groups excluding carboxylic acids is 1. The average molecular weight is 291 g/mol. The van der Waals surface area contributed by atoms with E-state index in [9.17, 15) is 14.7 Å². The topological polar surface area (TPSA) is 91.3 Å². The summed E-state index contributed by atoms with van der Waals surface area (Å²) in [4.78, 5) is 27.7. The Labute approximate surface area is 119 Å². The number of carboxylic acid groups (broad SMARTS) is 1. The molecule has 1 aromatic carbocycles. The summed E-state index contributed by atoms with van der Waals surface area (Å²) in [5, 5.41) is 14.2. The van der Waals surface area contributed by atoms with Gasteiger partial charge in [-0.25, -0.2) is 9.59 Å². The molecule has 1 aromatic heterocycles. The molecule has 1 atom stereocenters. The van der Waals surface area contributed by atoms with Crippen LogP contribution in [0.1, 0.15) is 16.5 Å². The molecule has 1 unspecified atom stereocenters. The number of benzene rings is 1. The molecule has 104 valence electrons. The largest absolute Gasteiger partial charge is 0.479 e. The van der Waals surface area contributed by atoms with Crippen LogP contribution in [-0.2, 0) is 11.3 Å². The number of nitrogens with zero attached hydrogens (tertiary/aromatic N) is 1. The van der Waals surface area contributed by atoms with Gasteiger partial charge in [-0.3, -0.25) is 4.98 Å². The number of carboxylic acids is 1. The number of thiazole rings is 1. The molecular weight excluding hydrogens is 278 g/mol. The molecule has 2 aromatic rings. The number of nitrogens with one attached hydrogen (secondary N) is 2. The van der Waals surface area contributed by atoms with Gasteiger partial charge in [0.25, 0.3) is 0 Å². The van der Waals surface area contributed by atoms with Crippen LogP contribution >= 0.6 is 11.3 Å². The van der Waals surface area contributed by atoms with Crippen molar-refractivity contribution in [3.8, 4) is 0 Å². The van der Waals surface area contributed by atoms with Crippen LogP contribution in [0.5, 0.6) is 0 Å². The smallest absolute Gasteiger partial charge is 0.330 e. The van der Waals surface area contributed by atoms with Gasteiger partial charge >= 0.3 is 12.0 Å². The molecule has 0 aliphatic rings. The third kappa shape index (κ3) is 3.79. The Hall–Kier alpha value is -2.41. The van der Waals surface area contributed by atoms with Crippen LogP contribution in [0, 0.1) is 0 Å².